The topological polar surface area (TPSA) is 82.3 Å². The number of methoxy groups -OCH3 is 1. The number of nitriles is 1. The number of carbonyl (C=O) groups is 1. The first-order chi connectivity index (χ1) is 14.6. The number of hydrogen-bond acceptors (Lipinski definition) is 3. The minimum Gasteiger partial charge on any atom is -0.496 e. The van der Waals surface area contributed by atoms with E-state index >= 15 is 0 Å². The number of nitrogens with one attached hydrogen (secondary N) is 1. The third kappa shape index (κ3) is 5.60. The largest absolute Gasteiger partial charge is 0.496 e. The zero-order valence-corrected chi connectivity index (χ0v) is 16.4. The SMILES string of the molecule is COc1cc(C=Cc2ccc(NC(=O)O)cc2)ccc1C=Cc1ccc(C#N)cc1. The molecule has 148 valence electrons. The molecule has 0 aromatic heterocycles. The predicted octanol–water partition coefficient (Wildman–Crippen LogP) is 6.00. The van der Waals surface area contributed by atoms with Gasteiger partial charge >= 0.3 is 6.09 Å². The average molecular weight is 396 g/mol. The van der Waals surface area contributed by atoms with Crippen LogP contribution in [0.4, 0.5) is 10.5 Å². The zero-order chi connectivity index (χ0) is 21.3. The summed E-state index contributed by atoms with van der Waals surface area (Å²) in [4.78, 5) is 10.7. The first kappa shape index (κ1) is 20.4. The van der Waals surface area contributed by atoms with E-state index in [1.807, 2.05) is 66.8 Å². The Bertz CT molecular complexity index is 1120. The molecule has 0 aliphatic carbocycles. The standard InChI is InChI=1S/C25H20N2O3/c1-30-24-16-20(5-2-19-10-14-23(15-11-19)27-25(28)29)9-13-22(24)12-8-18-3-6-21(17-26)7-4-18/h2-16,27H,1H3,(H,28,29). The molecule has 30 heavy (non-hydrogen) atoms. The van der Waals surface area contributed by atoms with Crippen LogP contribution >= 0.6 is 0 Å². The Morgan fingerprint density at radius 3 is 2.07 bits per heavy atom. The fraction of sp³-hybridized carbons (Fsp3) is 0.0400. The van der Waals surface area contributed by atoms with Crippen LogP contribution in [0.15, 0.2) is 66.7 Å². The van der Waals surface area contributed by atoms with Crippen molar-refractivity contribution in [2.24, 2.45) is 0 Å². The summed E-state index contributed by atoms with van der Waals surface area (Å²) in [6, 6.07) is 22.5. The van der Waals surface area contributed by atoms with Gasteiger partial charge in [-0.15, -0.1) is 0 Å². The number of ether oxygens (including phenoxy) is 1. The molecule has 0 saturated heterocycles. The summed E-state index contributed by atoms with van der Waals surface area (Å²) in [5, 5.41) is 19.9. The maximum Gasteiger partial charge on any atom is 0.409 e. The maximum absolute atomic E-state index is 10.7. The van der Waals surface area contributed by atoms with Crippen molar-refractivity contribution in [2.75, 3.05) is 12.4 Å². The molecule has 3 aromatic rings. The van der Waals surface area contributed by atoms with E-state index in [4.69, 9.17) is 15.1 Å². The molecule has 0 spiro atoms. The lowest BCUT2D eigenvalue weighted by Gasteiger charge is -2.06. The predicted molar refractivity (Wildman–Crippen MR) is 120 cm³/mol. The van der Waals surface area contributed by atoms with Gasteiger partial charge in [-0.25, -0.2) is 4.79 Å². The Labute approximate surface area is 175 Å². The molecule has 0 bridgehead atoms. The fourth-order valence-electron chi connectivity index (χ4n) is 2.82. The molecular weight excluding hydrogens is 376 g/mol. The molecule has 3 aromatic carbocycles. The second kappa shape index (κ2) is 9.76. The van der Waals surface area contributed by atoms with E-state index < -0.39 is 6.09 Å². The number of anilines is 1. The van der Waals surface area contributed by atoms with Gasteiger partial charge in [0.05, 0.1) is 18.7 Å². The van der Waals surface area contributed by atoms with E-state index in [0.29, 0.717) is 11.3 Å². The minimum atomic E-state index is -1.08. The second-order valence-electron chi connectivity index (χ2n) is 6.45. The number of hydrogen-bond donors (Lipinski definition) is 2. The van der Waals surface area contributed by atoms with Crippen LogP contribution in [0.5, 0.6) is 5.75 Å². The summed E-state index contributed by atoms with van der Waals surface area (Å²) in [7, 11) is 1.63. The van der Waals surface area contributed by atoms with Gasteiger partial charge in [-0.05, 0) is 47.0 Å². The van der Waals surface area contributed by atoms with Crippen LogP contribution in [0.3, 0.4) is 0 Å². The molecule has 5 nitrogen and oxygen atoms in total. The van der Waals surface area contributed by atoms with E-state index in [9.17, 15) is 4.79 Å². The summed E-state index contributed by atoms with van der Waals surface area (Å²) < 4.78 is 5.52. The van der Waals surface area contributed by atoms with Gasteiger partial charge in [-0.3, -0.25) is 5.32 Å². The van der Waals surface area contributed by atoms with Gasteiger partial charge in [-0.2, -0.15) is 5.26 Å². The van der Waals surface area contributed by atoms with Crippen LogP contribution < -0.4 is 10.1 Å². The van der Waals surface area contributed by atoms with Crippen molar-refractivity contribution in [3.05, 3.63) is 94.5 Å². The van der Waals surface area contributed by atoms with Crippen molar-refractivity contribution in [1.29, 1.82) is 5.26 Å². The normalized spacial score (nSPS) is 10.8. The van der Waals surface area contributed by atoms with Gasteiger partial charge in [0.2, 0.25) is 0 Å². The molecule has 0 heterocycles. The Morgan fingerprint density at radius 1 is 0.900 bits per heavy atom. The van der Waals surface area contributed by atoms with Crippen molar-refractivity contribution in [3.8, 4) is 11.8 Å². The van der Waals surface area contributed by atoms with Gasteiger partial charge in [0, 0.05) is 11.3 Å². The lowest BCUT2D eigenvalue weighted by Crippen LogP contribution is -2.06. The monoisotopic (exact) mass is 396 g/mol. The van der Waals surface area contributed by atoms with Crippen LogP contribution in [0.25, 0.3) is 24.3 Å². The molecule has 0 unspecified atom stereocenters. The number of benzene rings is 3. The lowest BCUT2D eigenvalue weighted by atomic mass is 10.1. The molecule has 1 amide bonds. The smallest absolute Gasteiger partial charge is 0.409 e. The van der Waals surface area contributed by atoms with Gasteiger partial charge in [0.1, 0.15) is 5.75 Å². The zero-order valence-electron chi connectivity index (χ0n) is 16.4. The summed E-state index contributed by atoms with van der Waals surface area (Å²) in [6.07, 6.45) is 6.78. The summed E-state index contributed by atoms with van der Waals surface area (Å²) in [5.41, 5.74) is 5.04. The van der Waals surface area contributed by atoms with Gasteiger partial charge in [0.25, 0.3) is 0 Å². The van der Waals surface area contributed by atoms with E-state index in [1.54, 1.807) is 31.4 Å². The summed E-state index contributed by atoms with van der Waals surface area (Å²) in [5.74, 6) is 0.753. The molecule has 5 heteroatoms. The first-order valence-electron chi connectivity index (χ1n) is 9.22. The Balaban J connectivity index is 1.73. The van der Waals surface area contributed by atoms with Crippen LogP contribution in [0, 0.1) is 11.3 Å². The molecule has 0 aliphatic rings. The van der Waals surface area contributed by atoms with Gasteiger partial charge in [0.15, 0.2) is 0 Å². The van der Waals surface area contributed by atoms with Crippen LogP contribution in [-0.2, 0) is 0 Å². The van der Waals surface area contributed by atoms with E-state index in [2.05, 4.69) is 11.4 Å². The third-order valence-corrected chi connectivity index (χ3v) is 4.38. The molecule has 0 radical (unpaired) electrons. The fourth-order valence-corrected chi connectivity index (χ4v) is 2.82. The Morgan fingerprint density at radius 2 is 1.47 bits per heavy atom. The molecule has 0 fully saturated rings. The van der Waals surface area contributed by atoms with E-state index in [-0.39, 0.29) is 0 Å². The molecule has 0 atom stereocenters. The van der Waals surface area contributed by atoms with Crippen molar-refractivity contribution >= 4 is 36.1 Å². The first-order valence-corrected chi connectivity index (χ1v) is 9.22. The summed E-state index contributed by atoms with van der Waals surface area (Å²) in [6.45, 7) is 0. The van der Waals surface area contributed by atoms with E-state index in [0.717, 1.165) is 28.0 Å². The highest BCUT2D eigenvalue weighted by Gasteiger charge is 2.01. The quantitative estimate of drug-likeness (QED) is 0.501. The van der Waals surface area contributed by atoms with Crippen molar-refractivity contribution in [2.45, 2.75) is 0 Å². The van der Waals surface area contributed by atoms with Crippen LogP contribution in [0.2, 0.25) is 0 Å². The highest BCUT2D eigenvalue weighted by atomic mass is 16.5. The van der Waals surface area contributed by atoms with Gasteiger partial charge in [-0.1, -0.05) is 60.7 Å². The number of nitrogens with zero attached hydrogens (tertiary/aromatic N) is 1. The lowest BCUT2D eigenvalue weighted by molar-refractivity contribution is 0.210. The van der Waals surface area contributed by atoms with Crippen LogP contribution in [0.1, 0.15) is 27.8 Å². The molecule has 3 rings (SSSR count). The van der Waals surface area contributed by atoms with Crippen molar-refractivity contribution in [3.63, 3.8) is 0 Å². The van der Waals surface area contributed by atoms with Crippen molar-refractivity contribution < 1.29 is 14.6 Å². The second-order valence-corrected chi connectivity index (χ2v) is 6.45. The Hall–Kier alpha value is -4.30. The molecule has 0 aliphatic heterocycles. The van der Waals surface area contributed by atoms with Crippen molar-refractivity contribution in [1.82, 2.24) is 0 Å². The van der Waals surface area contributed by atoms with Crippen LogP contribution in [-0.4, -0.2) is 18.3 Å². The van der Waals surface area contributed by atoms with Gasteiger partial charge < -0.3 is 9.84 Å². The summed E-state index contributed by atoms with van der Waals surface area (Å²) >= 11 is 0. The molecule has 2 N–H and O–H groups in total. The average Bonchev–Trinajstić information content (AvgIpc) is 2.77. The molecular formula is C25H20N2O3. The number of carboxylic acid groups (broad SMARTS) is 1. The van der Waals surface area contributed by atoms with E-state index in [1.165, 1.54) is 0 Å². The minimum absolute atomic E-state index is 0.528. The Kier molecular flexibility index (Phi) is 6.65. The third-order valence-electron chi connectivity index (χ3n) is 4.38. The molecule has 0 saturated carbocycles. The number of rotatable bonds is 6. The highest BCUT2D eigenvalue weighted by molar-refractivity contribution is 5.83. The highest BCUT2D eigenvalue weighted by Crippen LogP contribution is 2.24. The maximum atomic E-state index is 10.7. The number of amides is 1.